The van der Waals surface area contributed by atoms with Gasteiger partial charge in [0.2, 0.25) is 5.91 Å². The molecule has 4 heteroatoms. The highest BCUT2D eigenvalue weighted by atomic mass is 16.2. The summed E-state index contributed by atoms with van der Waals surface area (Å²) in [5.41, 5.74) is 1.12. The zero-order valence-corrected chi connectivity index (χ0v) is 13.6. The first-order chi connectivity index (χ1) is 11.3. The Morgan fingerprint density at radius 2 is 1.74 bits per heavy atom. The predicted molar refractivity (Wildman–Crippen MR) is 92.5 cm³/mol. The van der Waals surface area contributed by atoms with Crippen LogP contribution in [0.15, 0.2) is 54.7 Å². The fourth-order valence-electron chi connectivity index (χ4n) is 3.16. The molecule has 4 nitrogen and oxygen atoms in total. The highest BCUT2D eigenvalue weighted by molar-refractivity contribution is 5.84. The maximum Gasteiger partial charge on any atom is 0.230 e. The first-order valence-corrected chi connectivity index (χ1v) is 8.29. The highest BCUT2D eigenvalue weighted by Gasteiger charge is 2.27. The topological polar surface area (TPSA) is 36.4 Å². The van der Waals surface area contributed by atoms with E-state index in [1.807, 2.05) is 47.5 Å². The Bertz CT molecular complexity index is 622. The van der Waals surface area contributed by atoms with E-state index in [1.54, 1.807) is 0 Å². The van der Waals surface area contributed by atoms with Crippen LogP contribution in [0.3, 0.4) is 0 Å². The van der Waals surface area contributed by atoms with Gasteiger partial charge in [-0.05, 0) is 24.1 Å². The number of pyridine rings is 1. The van der Waals surface area contributed by atoms with Crippen LogP contribution in [-0.4, -0.2) is 42.0 Å². The van der Waals surface area contributed by atoms with Crippen molar-refractivity contribution in [1.82, 2.24) is 9.88 Å². The Kier molecular flexibility index (Phi) is 4.91. The van der Waals surface area contributed by atoms with E-state index in [0.29, 0.717) is 0 Å². The van der Waals surface area contributed by atoms with Gasteiger partial charge in [0.25, 0.3) is 0 Å². The molecule has 0 saturated carbocycles. The molecule has 1 aromatic carbocycles. The number of nitrogens with zero attached hydrogens (tertiary/aromatic N) is 3. The number of carbonyl (C=O) groups is 1. The number of benzene rings is 1. The minimum Gasteiger partial charge on any atom is -0.353 e. The molecule has 2 aromatic rings. The lowest BCUT2D eigenvalue weighted by Gasteiger charge is -2.37. The van der Waals surface area contributed by atoms with Crippen molar-refractivity contribution < 1.29 is 4.79 Å². The quantitative estimate of drug-likeness (QED) is 0.871. The molecule has 1 amide bonds. The first kappa shape index (κ1) is 15.5. The molecule has 1 unspecified atom stereocenters. The summed E-state index contributed by atoms with van der Waals surface area (Å²) >= 11 is 0. The Morgan fingerprint density at radius 1 is 1.04 bits per heavy atom. The third kappa shape index (κ3) is 3.52. The molecule has 1 saturated heterocycles. The maximum absolute atomic E-state index is 12.9. The molecule has 1 atom stereocenters. The van der Waals surface area contributed by atoms with Gasteiger partial charge in [-0.1, -0.05) is 43.3 Å². The second-order valence-electron chi connectivity index (χ2n) is 5.87. The van der Waals surface area contributed by atoms with E-state index < -0.39 is 0 Å². The van der Waals surface area contributed by atoms with E-state index in [2.05, 4.69) is 28.9 Å². The number of carbonyl (C=O) groups excluding carboxylic acids is 1. The maximum atomic E-state index is 12.9. The smallest absolute Gasteiger partial charge is 0.230 e. The molecular formula is C19H23N3O. The number of hydrogen-bond donors (Lipinski definition) is 0. The normalized spacial score (nSPS) is 16.2. The van der Waals surface area contributed by atoms with Gasteiger partial charge in [-0.3, -0.25) is 4.79 Å². The van der Waals surface area contributed by atoms with E-state index >= 15 is 0 Å². The monoisotopic (exact) mass is 309 g/mol. The lowest BCUT2D eigenvalue weighted by Crippen LogP contribution is -2.50. The third-order valence-electron chi connectivity index (χ3n) is 4.47. The molecule has 0 bridgehead atoms. The number of aromatic nitrogens is 1. The van der Waals surface area contributed by atoms with Gasteiger partial charge in [0, 0.05) is 32.4 Å². The molecule has 2 heterocycles. The van der Waals surface area contributed by atoms with Crippen molar-refractivity contribution in [2.45, 2.75) is 19.3 Å². The van der Waals surface area contributed by atoms with Crippen LogP contribution < -0.4 is 4.90 Å². The Hall–Kier alpha value is -2.36. The lowest BCUT2D eigenvalue weighted by molar-refractivity contribution is -0.133. The average molecular weight is 309 g/mol. The van der Waals surface area contributed by atoms with Crippen LogP contribution in [0.2, 0.25) is 0 Å². The summed E-state index contributed by atoms with van der Waals surface area (Å²) in [5, 5.41) is 0. The zero-order valence-electron chi connectivity index (χ0n) is 13.6. The van der Waals surface area contributed by atoms with Crippen molar-refractivity contribution in [2.24, 2.45) is 0 Å². The van der Waals surface area contributed by atoms with Crippen molar-refractivity contribution in [3.8, 4) is 0 Å². The second-order valence-corrected chi connectivity index (χ2v) is 5.87. The molecule has 0 N–H and O–H groups in total. The second kappa shape index (κ2) is 7.27. The molecular weight excluding hydrogens is 286 g/mol. The summed E-state index contributed by atoms with van der Waals surface area (Å²) in [6.45, 7) is 5.29. The summed E-state index contributed by atoms with van der Waals surface area (Å²) in [4.78, 5) is 21.5. The van der Waals surface area contributed by atoms with E-state index in [4.69, 9.17) is 0 Å². The van der Waals surface area contributed by atoms with Crippen LogP contribution in [-0.2, 0) is 4.79 Å². The van der Waals surface area contributed by atoms with Gasteiger partial charge in [-0.2, -0.15) is 0 Å². The Labute approximate surface area is 137 Å². The third-order valence-corrected chi connectivity index (χ3v) is 4.47. The predicted octanol–water partition coefficient (Wildman–Crippen LogP) is 2.92. The van der Waals surface area contributed by atoms with Crippen LogP contribution in [0.1, 0.15) is 24.8 Å². The number of piperazine rings is 1. The van der Waals surface area contributed by atoms with Crippen LogP contribution >= 0.6 is 0 Å². The molecule has 3 rings (SSSR count). The molecule has 120 valence electrons. The van der Waals surface area contributed by atoms with Crippen LogP contribution in [0.5, 0.6) is 0 Å². The summed E-state index contributed by atoms with van der Waals surface area (Å²) < 4.78 is 0. The van der Waals surface area contributed by atoms with Crippen molar-refractivity contribution >= 4 is 11.7 Å². The standard InChI is InChI=1S/C19H23N3O/c1-2-17(16-8-4-3-5-9-16)19(23)22-14-12-21(13-15-22)18-10-6-7-11-20-18/h3-11,17H,2,12-15H2,1H3. The number of hydrogen-bond acceptors (Lipinski definition) is 3. The molecule has 1 fully saturated rings. The molecule has 1 aliphatic heterocycles. The fourth-order valence-corrected chi connectivity index (χ4v) is 3.16. The first-order valence-electron chi connectivity index (χ1n) is 8.29. The molecule has 1 aliphatic rings. The van der Waals surface area contributed by atoms with Crippen molar-refractivity contribution in [3.63, 3.8) is 0 Å². The summed E-state index contributed by atoms with van der Waals surface area (Å²) in [6, 6.07) is 16.1. The van der Waals surface area contributed by atoms with Crippen LogP contribution in [0.4, 0.5) is 5.82 Å². The van der Waals surface area contributed by atoms with Crippen molar-refractivity contribution in [3.05, 3.63) is 60.3 Å². The molecule has 0 aliphatic carbocycles. The summed E-state index contributed by atoms with van der Waals surface area (Å²) in [7, 11) is 0. The minimum atomic E-state index is -0.0300. The van der Waals surface area contributed by atoms with E-state index in [9.17, 15) is 4.79 Å². The van der Waals surface area contributed by atoms with Gasteiger partial charge in [0.1, 0.15) is 5.82 Å². The van der Waals surface area contributed by atoms with Gasteiger partial charge in [-0.15, -0.1) is 0 Å². The largest absolute Gasteiger partial charge is 0.353 e. The van der Waals surface area contributed by atoms with Crippen LogP contribution in [0, 0.1) is 0 Å². The number of rotatable bonds is 4. The molecule has 1 aromatic heterocycles. The fraction of sp³-hybridized carbons (Fsp3) is 0.368. The lowest BCUT2D eigenvalue weighted by atomic mass is 9.95. The van der Waals surface area contributed by atoms with E-state index in [1.165, 1.54) is 0 Å². The van der Waals surface area contributed by atoms with Crippen molar-refractivity contribution in [2.75, 3.05) is 31.1 Å². The van der Waals surface area contributed by atoms with Crippen molar-refractivity contribution in [1.29, 1.82) is 0 Å². The number of anilines is 1. The van der Waals surface area contributed by atoms with Gasteiger partial charge in [0.15, 0.2) is 0 Å². The molecule has 0 spiro atoms. The average Bonchev–Trinajstić information content (AvgIpc) is 2.64. The highest BCUT2D eigenvalue weighted by Crippen LogP contribution is 2.23. The SMILES string of the molecule is CCC(C(=O)N1CCN(c2ccccn2)CC1)c1ccccc1. The zero-order chi connectivity index (χ0) is 16.1. The van der Waals surface area contributed by atoms with Gasteiger partial charge < -0.3 is 9.80 Å². The summed E-state index contributed by atoms with van der Waals surface area (Å²) in [5.74, 6) is 1.21. The molecule has 23 heavy (non-hydrogen) atoms. The van der Waals surface area contributed by atoms with E-state index in [-0.39, 0.29) is 11.8 Å². The van der Waals surface area contributed by atoms with Gasteiger partial charge in [0.05, 0.1) is 5.92 Å². The Morgan fingerprint density at radius 3 is 2.35 bits per heavy atom. The summed E-state index contributed by atoms with van der Waals surface area (Å²) in [6.07, 6.45) is 2.65. The van der Waals surface area contributed by atoms with Crippen LogP contribution in [0.25, 0.3) is 0 Å². The van der Waals surface area contributed by atoms with Gasteiger partial charge in [-0.25, -0.2) is 4.98 Å². The van der Waals surface area contributed by atoms with E-state index in [0.717, 1.165) is 44.0 Å². The number of amides is 1. The van der Waals surface area contributed by atoms with Gasteiger partial charge >= 0.3 is 0 Å². The Balaban J connectivity index is 1.64. The minimum absolute atomic E-state index is 0.0300. The molecule has 0 radical (unpaired) electrons.